The fourth-order valence-corrected chi connectivity index (χ4v) is 2.64. The highest BCUT2D eigenvalue weighted by atomic mass is 35.5. The standard InChI is InChI=1S/C15H25N5O2.2ClH/c1-19(15(21)11-16-8-10-22-2)13-5-4-9-20(12-13)14-6-3-7-17-18-14;;/h3,6-7,13,16H,4-5,8-12H2,1-2H3;2*1H. The number of nitrogens with one attached hydrogen (secondary N) is 1. The molecule has 1 aliphatic rings. The van der Waals surface area contributed by atoms with Crippen molar-refractivity contribution in [1.29, 1.82) is 0 Å². The van der Waals surface area contributed by atoms with Crippen LogP contribution in [0.15, 0.2) is 18.3 Å². The van der Waals surface area contributed by atoms with E-state index in [1.165, 1.54) is 0 Å². The molecule has 0 aromatic carbocycles. The lowest BCUT2D eigenvalue weighted by Crippen LogP contribution is -2.50. The number of rotatable bonds is 7. The predicted octanol–water partition coefficient (Wildman–Crippen LogP) is 0.983. The summed E-state index contributed by atoms with van der Waals surface area (Å²) < 4.78 is 4.96. The molecule has 7 nitrogen and oxygen atoms in total. The summed E-state index contributed by atoms with van der Waals surface area (Å²) in [6.45, 7) is 3.41. The van der Waals surface area contributed by atoms with Crippen LogP contribution in [-0.4, -0.2) is 74.0 Å². The third-order valence-electron chi connectivity index (χ3n) is 3.98. The van der Waals surface area contributed by atoms with Crippen molar-refractivity contribution in [2.75, 3.05) is 51.8 Å². The number of hydrogen-bond donors (Lipinski definition) is 1. The Hall–Kier alpha value is -1.15. The molecule has 0 bridgehead atoms. The van der Waals surface area contributed by atoms with Gasteiger partial charge in [0.05, 0.1) is 13.2 Å². The molecule has 24 heavy (non-hydrogen) atoms. The van der Waals surface area contributed by atoms with Crippen LogP contribution in [0.3, 0.4) is 0 Å². The number of methoxy groups -OCH3 is 1. The van der Waals surface area contributed by atoms with Crippen molar-refractivity contribution in [1.82, 2.24) is 20.4 Å². The van der Waals surface area contributed by atoms with Crippen LogP contribution in [0.2, 0.25) is 0 Å². The quantitative estimate of drug-likeness (QED) is 0.712. The van der Waals surface area contributed by atoms with Gasteiger partial charge in [0.2, 0.25) is 5.91 Å². The maximum Gasteiger partial charge on any atom is 0.236 e. The number of piperidine rings is 1. The number of carbonyl (C=O) groups is 1. The van der Waals surface area contributed by atoms with Gasteiger partial charge in [0.15, 0.2) is 5.82 Å². The van der Waals surface area contributed by atoms with Crippen molar-refractivity contribution < 1.29 is 9.53 Å². The van der Waals surface area contributed by atoms with Crippen molar-refractivity contribution >= 4 is 36.5 Å². The number of carbonyl (C=O) groups excluding carboxylic acids is 1. The molecule has 1 unspecified atom stereocenters. The second kappa shape index (κ2) is 12.2. The van der Waals surface area contributed by atoms with E-state index < -0.39 is 0 Å². The van der Waals surface area contributed by atoms with E-state index in [9.17, 15) is 4.79 Å². The second-order valence-electron chi connectivity index (χ2n) is 5.50. The second-order valence-corrected chi connectivity index (χ2v) is 5.50. The van der Waals surface area contributed by atoms with Gasteiger partial charge >= 0.3 is 0 Å². The van der Waals surface area contributed by atoms with Crippen LogP contribution in [0.4, 0.5) is 5.82 Å². The Morgan fingerprint density at radius 3 is 2.96 bits per heavy atom. The Morgan fingerprint density at radius 1 is 1.50 bits per heavy atom. The maximum atomic E-state index is 12.2. The summed E-state index contributed by atoms with van der Waals surface area (Å²) in [5, 5.41) is 11.2. The summed E-state index contributed by atoms with van der Waals surface area (Å²) in [7, 11) is 3.53. The first kappa shape index (κ1) is 22.9. The Balaban J connectivity index is 0.00000264. The Bertz CT molecular complexity index is 466. The van der Waals surface area contributed by atoms with Crippen LogP contribution in [0.25, 0.3) is 0 Å². The molecule has 1 amide bonds. The maximum absolute atomic E-state index is 12.2. The van der Waals surface area contributed by atoms with Gasteiger partial charge in [-0.25, -0.2) is 0 Å². The molecule has 1 aromatic rings. The minimum atomic E-state index is 0. The first-order chi connectivity index (χ1) is 10.7. The van der Waals surface area contributed by atoms with E-state index in [1.54, 1.807) is 13.3 Å². The highest BCUT2D eigenvalue weighted by Gasteiger charge is 2.26. The van der Waals surface area contributed by atoms with Gasteiger partial charge in [0.1, 0.15) is 0 Å². The molecule has 9 heteroatoms. The minimum absolute atomic E-state index is 0. The van der Waals surface area contributed by atoms with E-state index in [-0.39, 0.29) is 36.8 Å². The van der Waals surface area contributed by atoms with Crippen LogP contribution in [0, 0.1) is 0 Å². The summed E-state index contributed by atoms with van der Waals surface area (Å²) in [5.41, 5.74) is 0. The van der Waals surface area contributed by atoms with Gasteiger partial charge in [-0.3, -0.25) is 4.79 Å². The summed E-state index contributed by atoms with van der Waals surface area (Å²) in [6.07, 6.45) is 3.75. The van der Waals surface area contributed by atoms with Crippen LogP contribution in [0.5, 0.6) is 0 Å². The van der Waals surface area contributed by atoms with Gasteiger partial charge in [0, 0.05) is 46.0 Å². The van der Waals surface area contributed by atoms with Gasteiger partial charge in [0.25, 0.3) is 0 Å². The number of amides is 1. The average molecular weight is 380 g/mol. The highest BCUT2D eigenvalue weighted by Crippen LogP contribution is 2.19. The van der Waals surface area contributed by atoms with Gasteiger partial charge in [-0.15, -0.1) is 29.9 Å². The molecule has 1 fully saturated rings. The van der Waals surface area contributed by atoms with Crippen molar-refractivity contribution in [2.45, 2.75) is 18.9 Å². The third-order valence-corrected chi connectivity index (χ3v) is 3.98. The summed E-state index contributed by atoms with van der Waals surface area (Å²) in [6, 6.07) is 4.07. The molecule has 0 saturated carbocycles. The number of aromatic nitrogens is 2. The van der Waals surface area contributed by atoms with Gasteiger partial charge in [-0.2, -0.15) is 5.10 Å². The van der Waals surface area contributed by atoms with Gasteiger partial charge in [-0.05, 0) is 25.0 Å². The third kappa shape index (κ3) is 6.76. The zero-order chi connectivity index (χ0) is 15.8. The van der Waals surface area contributed by atoms with Crippen LogP contribution >= 0.6 is 24.8 Å². The molecule has 0 radical (unpaired) electrons. The lowest BCUT2D eigenvalue weighted by Gasteiger charge is -2.38. The number of hydrogen-bond acceptors (Lipinski definition) is 6. The molecule has 0 aliphatic carbocycles. The molecule has 1 atom stereocenters. The number of halogens is 2. The van der Waals surface area contributed by atoms with Crippen LogP contribution in [-0.2, 0) is 9.53 Å². The highest BCUT2D eigenvalue weighted by molar-refractivity contribution is 5.85. The van der Waals surface area contributed by atoms with E-state index in [4.69, 9.17) is 4.74 Å². The zero-order valence-corrected chi connectivity index (χ0v) is 15.8. The molecule has 138 valence electrons. The van der Waals surface area contributed by atoms with Crippen molar-refractivity contribution in [3.8, 4) is 0 Å². The van der Waals surface area contributed by atoms with Gasteiger partial charge < -0.3 is 19.9 Å². The van der Waals surface area contributed by atoms with E-state index >= 15 is 0 Å². The van der Waals surface area contributed by atoms with Crippen molar-refractivity contribution in [3.63, 3.8) is 0 Å². The van der Waals surface area contributed by atoms with Crippen molar-refractivity contribution in [3.05, 3.63) is 18.3 Å². The normalized spacial score (nSPS) is 16.8. The lowest BCUT2D eigenvalue weighted by atomic mass is 10.0. The number of nitrogens with zero attached hydrogens (tertiary/aromatic N) is 4. The lowest BCUT2D eigenvalue weighted by molar-refractivity contribution is -0.131. The molecule has 1 aliphatic heterocycles. The molecule has 1 saturated heterocycles. The molecule has 2 heterocycles. The summed E-state index contributed by atoms with van der Waals surface area (Å²) in [5.74, 6) is 0.994. The molecule has 0 spiro atoms. The molecule has 2 rings (SSSR count). The summed E-state index contributed by atoms with van der Waals surface area (Å²) >= 11 is 0. The topological polar surface area (TPSA) is 70.6 Å². The first-order valence-electron chi connectivity index (χ1n) is 7.70. The van der Waals surface area contributed by atoms with E-state index in [2.05, 4.69) is 20.4 Å². The predicted molar refractivity (Wildman–Crippen MR) is 99.3 cm³/mol. The monoisotopic (exact) mass is 379 g/mol. The molecular formula is C15H27Cl2N5O2. The Labute approximate surface area is 155 Å². The smallest absolute Gasteiger partial charge is 0.236 e. The van der Waals surface area contributed by atoms with E-state index in [0.29, 0.717) is 19.7 Å². The van der Waals surface area contributed by atoms with E-state index in [1.807, 2.05) is 24.1 Å². The molecule has 1 aromatic heterocycles. The van der Waals surface area contributed by atoms with E-state index in [0.717, 1.165) is 31.7 Å². The largest absolute Gasteiger partial charge is 0.383 e. The zero-order valence-electron chi connectivity index (χ0n) is 14.2. The molecular weight excluding hydrogens is 353 g/mol. The van der Waals surface area contributed by atoms with Gasteiger partial charge in [-0.1, -0.05) is 0 Å². The minimum Gasteiger partial charge on any atom is -0.383 e. The van der Waals surface area contributed by atoms with Crippen LogP contribution < -0.4 is 10.2 Å². The fraction of sp³-hybridized carbons (Fsp3) is 0.667. The Kier molecular flexibility index (Phi) is 11.7. The Morgan fingerprint density at radius 2 is 2.29 bits per heavy atom. The average Bonchev–Trinajstić information content (AvgIpc) is 2.59. The summed E-state index contributed by atoms with van der Waals surface area (Å²) in [4.78, 5) is 16.3. The molecule has 1 N–H and O–H groups in total. The fourth-order valence-electron chi connectivity index (χ4n) is 2.64. The number of anilines is 1. The van der Waals surface area contributed by atoms with Crippen molar-refractivity contribution in [2.24, 2.45) is 0 Å². The first-order valence-corrected chi connectivity index (χ1v) is 7.70. The SMILES string of the molecule is COCCNCC(=O)N(C)C1CCCN(c2cccnn2)C1.Cl.Cl. The number of likely N-dealkylation sites (N-methyl/N-ethyl adjacent to an activating group) is 1. The number of ether oxygens (including phenoxy) is 1. The van der Waals surface area contributed by atoms with Crippen LogP contribution in [0.1, 0.15) is 12.8 Å².